The fourth-order valence-electron chi connectivity index (χ4n) is 2.90. The molecule has 2 rings (SSSR count). The van der Waals surface area contributed by atoms with Crippen LogP contribution in [0.2, 0.25) is 0 Å². The van der Waals surface area contributed by atoms with E-state index in [1.54, 1.807) is 24.3 Å². The standard InChI is InChI=1S/C17H27N3O3S/c1-14-6-8-16(9-7-14)24(22,23)19-12-15-4-3-11-20(13-15)17(21)5-2-10-18/h6-9,15,19H,2-5,10-13,18H2,1H3. The number of sulfonamides is 1. The molecule has 0 bridgehead atoms. The average Bonchev–Trinajstić information content (AvgIpc) is 2.58. The summed E-state index contributed by atoms with van der Waals surface area (Å²) in [5.74, 6) is 0.271. The Morgan fingerprint density at radius 2 is 2.04 bits per heavy atom. The smallest absolute Gasteiger partial charge is 0.240 e. The van der Waals surface area contributed by atoms with Gasteiger partial charge in [-0.3, -0.25) is 4.79 Å². The van der Waals surface area contributed by atoms with Gasteiger partial charge in [-0.15, -0.1) is 0 Å². The van der Waals surface area contributed by atoms with Crippen LogP contribution in [0.15, 0.2) is 29.2 Å². The lowest BCUT2D eigenvalue weighted by atomic mass is 9.98. The molecule has 0 spiro atoms. The first-order chi connectivity index (χ1) is 11.4. The second kappa shape index (κ2) is 8.60. The normalized spacial score (nSPS) is 18.6. The van der Waals surface area contributed by atoms with Gasteiger partial charge >= 0.3 is 0 Å². The van der Waals surface area contributed by atoms with Crippen molar-refractivity contribution < 1.29 is 13.2 Å². The molecule has 0 saturated carbocycles. The monoisotopic (exact) mass is 353 g/mol. The van der Waals surface area contributed by atoms with Crippen molar-refractivity contribution >= 4 is 15.9 Å². The fraction of sp³-hybridized carbons (Fsp3) is 0.588. The molecule has 1 aromatic rings. The molecule has 1 fully saturated rings. The van der Waals surface area contributed by atoms with Crippen molar-refractivity contribution in [1.82, 2.24) is 9.62 Å². The molecule has 1 atom stereocenters. The zero-order valence-corrected chi connectivity index (χ0v) is 15.0. The Labute approximate surface area is 144 Å². The maximum absolute atomic E-state index is 12.3. The zero-order chi connectivity index (χ0) is 17.6. The van der Waals surface area contributed by atoms with Crippen molar-refractivity contribution in [2.45, 2.75) is 37.5 Å². The number of benzene rings is 1. The van der Waals surface area contributed by atoms with Crippen LogP contribution in [0.4, 0.5) is 0 Å². The highest BCUT2D eigenvalue weighted by Gasteiger charge is 2.24. The van der Waals surface area contributed by atoms with Gasteiger partial charge in [0.1, 0.15) is 0 Å². The molecule has 0 aromatic heterocycles. The lowest BCUT2D eigenvalue weighted by molar-refractivity contribution is -0.133. The van der Waals surface area contributed by atoms with Crippen molar-refractivity contribution in [3.8, 4) is 0 Å². The third-order valence-electron chi connectivity index (χ3n) is 4.36. The summed E-state index contributed by atoms with van der Waals surface area (Å²) in [4.78, 5) is 14.2. The van der Waals surface area contributed by atoms with E-state index in [4.69, 9.17) is 5.73 Å². The third kappa shape index (κ3) is 5.29. The molecule has 1 aliphatic rings. The molecule has 1 saturated heterocycles. The van der Waals surface area contributed by atoms with E-state index in [9.17, 15) is 13.2 Å². The molecule has 1 unspecified atom stereocenters. The molecule has 7 heteroatoms. The molecule has 1 amide bonds. The van der Waals surface area contributed by atoms with E-state index < -0.39 is 10.0 Å². The highest BCUT2D eigenvalue weighted by molar-refractivity contribution is 7.89. The summed E-state index contributed by atoms with van der Waals surface area (Å²) in [6.45, 7) is 4.16. The minimum absolute atomic E-state index is 0.117. The molecule has 1 heterocycles. The lowest BCUT2D eigenvalue weighted by Crippen LogP contribution is -2.43. The van der Waals surface area contributed by atoms with Crippen LogP contribution in [-0.2, 0) is 14.8 Å². The molecular formula is C17H27N3O3S. The predicted octanol–water partition coefficient (Wildman–Crippen LogP) is 1.25. The van der Waals surface area contributed by atoms with E-state index in [0.29, 0.717) is 32.5 Å². The van der Waals surface area contributed by atoms with Crippen LogP contribution in [0.25, 0.3) is 0 Å². The fourth-order valence-corrected chi connectivity index (χ4v) is 4.01. The number of amides is 1. The number of piperidine rings is 1. The molecular weight excluding hydrogens is 326 g/mol. The van der Waals surface area contributed by atoms with Crippen LogP contribution in [0.1, 0.15) is 31.2 Å². The molecule has 3 N–H and O–H groups in total. The van der Waals surface area contributed by atoms with E-state index in [-0.39, 0.29) is 16.7 Å². The van der Waals surface area contributed by atoms with Crippen LogP contribution < -0.4 is 10.5 Å². The van der Waals surface area contributed by atoms with Crippen LogP contribution in [0.5, 0.6) is 0 Å². The van der Waals surface area contributed by atoms with Gasteiger partial charge in [0.25, 0.3) is 0 Å². The van der Waals surface area contributed by atoms with Crippen molar-refractivity contribution in [2.24, 2.45) is 11.7 Å². The second-order valence-electron chi connectivity index (χ2n) is 6.41. The number of hydrogen-bond donors (Lipinski definition) is 2. The number of carbonyl (C=O) groups is 1. The number of nitrogens with two attached hydrogens (primary N) is 1. The van der Waals surface area contributed by atoms with Gasteiger partial charge in [0, 0.05) is 26.1 Å². The van der Waals surface area contributed by atoms with Crippen LogP contribution in [0, 0.1) is 12.8 Å². The van der Waals surface area contributed by atoms with Gasteiger partial charge in [-0.1, -0.05) is 17.7 Å². The average molecular weight is 353 g/mol. The number of hydrogen-bond acceptors (Lipinski definition) is 4. The van der Waals surface area contributed by atoms with Gasteiger partial charge < -0.3 is 10.6 Å². The van der Waals surface area contributed by atoms with E-state index in [1.807, 2.05) is 11.8 Å². The van der Waals surface area contributed by atoms with Crippen molar-refractivity contribution in [1.29, 1.82) is 0 Å². The number of aryl methyl sites for hydroxylation is 1. The summed E-state index contributed by atoms with van der Waals surface area (Å²) in [6, 6.07) is 6.79. The maximum atomic E-state index is 12.3. The number of likely N-dealkylation sites (tertiary alicyclic amines) is 1. The Hall–Kier alpha value is -1.44. The summed E-state index contributed by atoms with van der Waals surface area (Å²) in [5, 5.41) is 0. The van der Waals surface area contributed by atoms with Gasteiger partial charge in [-0.05, 0) is 50.8 Å². The van der Waals surface area contributed by atoms with Gasteiger partial charge in [-0.25, -0.2) is 13.1 Å². The molecule has 0 aliphatic carbocycles. The zero-order valence-electron chi connectivity index (χ0n) is 14.2. The molecule has 0 radical (unpaired) electrons. The number of carbonyl (C=O) groups excluding carboxylic acids is 1. The summed E-state index contributed by atoms with van der Waals surface area (Å²) in [7, 11) is -3.50. The Morgan fingerprint density at radius 1 is 1.33 bits per heavy atom. The first kappa shape index (κ1) is 18.9. The Bertz CT molecular complexity index is 644. The van der Waals surface area contributed by atoms with E-state index in [1.165, 1.54) is 0 Å². The quantitative estimate of drug-likeness (QED) is 0.772. The Morgan fingerprint density at radius 3 is 2.71 bits per heavy atom. The lowest BCUT2D eigenvalue weighted by Gasteiger charge is -2.33. The van der Waals surface area contributed by atoms with Crippen molar-refractivity contribution in [3.05, 3.63) is 29.8 Å². The number of rotatable bonds is 7. The van der Waals surface area contributed by atoms with Crippen LogP contribution in [0.3, 0.4) is 0 Å². The Balaban J connectivity index is 1.89. The van der Waals surface area contributed by atoms with E-state index in [2.05, 4.69) is 4.72 Å². The third-order valence-corrected chi connectivity index (χ3v) is 5.80. The van der Waals surface area contributed by atoms with Gasteiger partial charge in [0.05, 0.1) is 4.90 Å². The minimum atomic E-state index is -3.50. The number of nitrogens with zero attached hydrogens (tertiary/aromatic N) is 1. The highest BCUT2D eigenvalue weighted by Crippen LogP contribution is 2.18. The highest BCUT2D eigenvalue weighted by atomic mass is 32.2. The molecule has 1 aliphatic heterocycles. The van der Waals surface area contributed by atoms with Crippen LogP contribution >= 0.6 is 0 Å². The van der Waals surface area contributed by atoms with Gasteiger partial charge in [0.15, 0.2) is 0 Å². The molecule has 6 nitrogen and oxygen atoms in total. The second-order valence-corrected chi connectivity index (χ2v) is 8.17. The molecule has 134 valence electrons. The van der Waals surface area contributed by atoms with Crippen molar-refractivity contribution in [2.75, 3.05) is 26.2 Å². The van der Waals surface area contributed by atoms with Crippen LogP contribution in [-0.4, -0.2) is 45.4 Å². The van der Waals surface area contributed by atoms with Gasteiger partial charge in [-0.2, -0.15) is 0 Å². The van der Waals surface area contributed by atoms with E-state index in [0.717, 1.165) is 24.9 Å². The summed E-state index contributed by atoms with van der Waals surface area (Å²) in [6.07, 6.45) is 3.00. The first-order valence-corrected chi connectivity index (χ1v) is 9.95. The largest absolute Gasteiger partial charge is 0.342 e. The first-order valence-electron chi connectivity index (χ1n) is 8.46. The maximum Gasteiger partial charge on any atom is 0.240 e. The summed E-state index contributed by atoms with van der Waals surface area (Å²) >= 11 is 0. The number of nitrogens with one attached hydrogen (secondary N) is 1. The van der Waals surface area contributed by atoms with Crippen molar-refractivity contribution in [3.63, 3.8) is 0 Å². The molecule has 24 heavy (non-hydrogen) atoms. The SMILES string of the molecule is Cc1ccc(S(=O)(=O)NCC2CCCN(C(=O)CCCN)C2)cc1. The minimum Gasteiger partial charge on any atom is -0.342 e. The molecule has 1 aromatic carbocycles. The Kier molecular flexibility index (Phi) is 6.77. The van der Waals surface area contributed by atoms with E-state index >= 15 is 0 Å². The topological polar surface area (TPSA) is 92.5 Å². The summed E-state index contributed by atoms with van der Waals surface area (Å²) < 4.78 is 27.4. The summed E-state index contributed by atoms with van der Waals surface area (Å²) in [5.41, 5.74) is 6.47. The van der Waals surface area contributed by atoms with Gasteiger partial charge in [0.2, 0.25) is 15.9 Å². The predicted molar refractivity (Wildman–Crippen MR) is 94.0 cm³/mol.